The number of benzene rings is 2. The first-order valence-electron chi connectivity index (χ1n) is 5.57. The summed E-state index contributed by atoms with van der Waals surface area (Å²) in [5.74, 6) is -0.767. The van der Waals surface area contributed by atoms with E-state index in [4.69, 9.17) is 4.74 Å². The quantitative estimate of drug-likeness (QED) is 0.860. The largest absolute Gasteiger partial charge is 0.494 e. The van der Waals surface area contributed by atoms with E-state index in [9.17, 15) is 13.0 Å². The van der Waals surface area contributed by atoms with Gasteiger partial charge in [0.25, 0.3) is 0 Å². The Morgan fingerprint density at radius 2 is 1.79 bits per heavy atom. The van der Waals surface area contributed by atoms with Gasteiger partial charge in [0.05, 0.1) is 23.7 Å². The molecule has 0 amide bonds. The molecule has 5 heteroatoms. The average Bonchev–Trinajstić information content (AvgIpc) is 2.42. The lowest BCUT2D eigenvalue weighted by atomic mass is 10.2. The summed E-state index contributed by atoms with van der Waals surface area (Å²) in [5.41, 5.74) is 0.307. The third-order valence-electron chi connectivity index (χ3n) is 2.63. The third kappa shape index (κ3) is 3.17. The molecule has 0 N–H and O–H groups in total. The fourth-order valence-corrected chi connectivity index (χ4v) is 2.75. The highest BCUT2D eigenvalue weighted by Crippen LogP contribution is 2.22. The lowest BCUT2D eigenvalue weighted by Gasteiger charge is -2.07. The van der Waals surface area contributed by atoms with Crippen LogP contribution in [0.4, 0.5) is 8.78 Å². The van der Waals surface area contributed by atoms with Crippen molar-refractivity contribution in [3.05, 3.63) is 59.7 Å². The molecule has 2 rings (SSSR count). The summed E-state index contributed by atoms with van der Waals surface area (Å²) in [7, 11) is -0.0513. The predicted octanol–water partition coefficient (Wildman–Crippen LogP) is 3.28. The molecule has 0 saturated carbocycles. The second-order valence-electron chi connectivity index (χ2n) is 3.88. The molecule has 0 aromatic heterocycles. The highest BCUT2D eigenvalue weighted by Gasteiger charge is 2.12. The Morgan fingerprint density at radius 1 is 1.11 bits per heavy atom. The Bertz CT molecular complexity index is 597. The molecule has 1 unspecified atom stereocenters. The van der Waals surface area contributed by atoms with Crippen LogP contribution in [-0.2, 0) is 16.6 Å². The Hall–Kier alpha value is -1.75. The third-order valence-corrected chi connectivity index (χ3v) is 4.00. The van der Waals surface area contributed by atoms with E-state index in [-0.39, 0.29) is 11.5 Å². The van der Waals surface area contributed by atoms with Crippen LogP contribution in [0.2, 0.25) is 0 Å². The van der Waals surface area contributed by atoms with Crippen molar-refractivity contribution >= 4 is 10.8 Å². The summed E-state index contributed by atoms with van der Waals surface area (Å²) >= 11 is 0. The Kier molecular flexibility index (Phi) is 4.27. The van der Waals surface area contributed by atoms with E-state index in [0.29, 0.717) is 10.5 Å². The molecule has 2 nitrogen and oxygen atoms in total. The smallest absolute Gasteiger partial charge is 0.169 e. The fourth-order valence-electron chi connectivity index (χ4n) is 1.64. The van der Waals surface area contributed by atoms with E-state index in [2.05, 4.69) is 0 Å². The molecule has 0 fully saturated rings. The van der Waals surface area contributed by atoms with Crippen molar-refractivity contribution in [2.75, 3.05) is 7.11 Å². The Balaban J connectivity index is 2.21. The van der Waals surface area contributed by atoms with Crippen LogP contribution >= 0.6 is 0 Å². The van der Waals surface area contributed by atoms with Gasteiger partial charge in [-0.2, -0.15) is 0 Å². The summed E-state index contributed by atoms with van der Waals surface area (Å²) in [6.07, 6.45) is 0. The van der Waals surface area contributed by atoms with Crippen LogP contribution in [0.3, 0.4) is 0 Å². The van der Waals surface area contributed by atoms with Crippen molar-refractivity contribution < 1.29 is 17.7 Å². The molecule has 0 spiro atoms. The van der Waals surface area contributed by atoms with E-state index in [1.165, 1.54) is 37.4 Å². The maximum absolute atomic E-state index is 13.9. The molecule has 0 radical (unpaired) electrons. The lowest BCUT2D eigenvalue weighted by Crippen LogP contribution is -2.00. The first-order valence-corrected chi connectivity index (χ1v) is 6.89. The SMILES string of the molecule is COc1cccc(CS(=O)c2ccc(F)cc2)c1F. The minimum Gasteiger partial charge on any atom is -0.494 e. The zero-order chi connectivity index (χ0) is 13.8. The number of hydrogen-bond acceptors (Lipinski definition) is 2. The van der Waals surface area contributed by atoms with Gasteiger partial charge in [0.1, 0.15) is 5.82 Å². The predicted molar refractivity (Wildman–Crippen MR) is 69.5 cm³/mol. The average molecular weight is 282 g/mol. The van der Waals surface area contributed by atoms with Crippen molar-refractivity contribution in [1.29, 1.82) is 0 Å². The van der Waals surface area contributed by atoms with Gasteiger partial charge < -0.3 is 4.74 Å². The van der Waals surface area contributed by atoms with Crippen LogP contribution in [-0.4, -0.2) is 11.3 Å². The molecule has 0 heterocycles. The second kappa shape index (κ2) is 5.93. The van der Waals surface area contributed by atoms with Gasteiger partial charge in [-0.05, 0) is 30.3 Å². The first-order chi connectivity index (χ1) is 9.11. The van der Waals surface area contributed by atoms with Gasteiger partial charge in [-0.3, -0.25) is 4.21 Å². The Labute approximate surface area is 112 Å². The molecule has 19 heavy (non-hydrogen) atoms. The summed E-state index contributed by atoms with van der Waals surface area (Å²) in [6.45, 7) is 0. The van der Waals surface area contributed by atoms with Crippen molar-refractivity contribution in [2.24, 2.45) is 0 Å². The molecule has 2 aromatic rings. The molecule has 100 valence electrons. The highest BCUT2D eigenvalue weighted by molar-refractivity contribution is 7.84. The molecule has 0 aliphatic carbocycles. The van der Waals surface area contributed by atoms with Crippen LogP contribution < -0.4 is 4.74 Å². The van der Waals surface area contributed by atoms with E-state index < -0.39 is 22.4 Å². The van der Waals surface area contributed by atoms with Gasteiger partial charge in [-0.15, -0.1) is 0 Å². The van der Waals surface area contributed by atoms with Gasteiger partial charge in [0.2, 0.25) is 0 Å². The number of halogens is 2. The van der Waals surface area contributed by atoms with Crippen molar-refractivity contribution in [3.8, 4) is 5.75 Å². The van der Waals surface area contributed by atoms with Gasteiger partial charge in [-0.1, -0.05) is 12.1 Å². The number of methoxy groups -OCH3 is 1. The maximum Gasteiger partial charge on any atom is 0.169 e. The monoisotopic (exact) mass is 282 g/mol. The molecule has 0 aliphatic heterocycles. The number of ether oxygens (including phenoxy) is 1. The minimum absolute atomic E-state index is 0.0225. The molecular weight excluding hydrogens is 270 g/mol. The minimum atomic E-state index is -1.43. The van der Waals surface area contributed by atoms with Crippen molar-refractivity contribution in [2.45, 2.75) is 10.6 Å². The topological polar surface area (TPSA) is 26.3 Å². The van der Waals surface area contributed by atoms with Crippen LogP contribution in [0.15, 0.2) is 47.4 Å². The van der Waals surface area contributed by atoms with Gasteiger partial charge >= 0.3 is 0 Å². The molecule has 0 bridgehead atoms. The summed E-state index contributed by atoms with van der Waals surface area (Å²) in [4.78, 5) is 0.462. The van der Waals surface area contributed by atoms with Crippen molar-refractivity contribution in [3.63, 3.8) is 0 Å². The van der Waals surface area contributed by atoms with E-state index in [1.54, 1.807) is 12.1 Å². The standard InChI is InChI=1S/C14H12F2O2S/c1-18-13-4-2-3-10(14(13)16)9-19(17)12-7-5-11(15)6-8-12/h2-8H,9H2,1H3. The van der Waals surface area contributed by atoms with E-state index in [0.717, 1.165) is 0 Å². The molecular formula is C14H12F2O2S. The molecule has 0 aliphatic rings. The lowest BCUT2D eigenvalue weighted by molar-refractivity contribution is 0.385. The van der Waals surface area contributed by atoms with E-state index in [1.807, 2.05) is 0 Å². The summed E-state index contributed by atoms with van der Waals surface area (Å²) < 4.78 is 43.6. The summed E-state index contributed by atoms with van der Waals surface area (Å²) in [5, 5.41) is 0. The zero-order valence-electron chi connectivity index (χ0n) is 10.2. The second-order valence-corrected chi connectivity index (χ2v) is 5.33. The first kappa shape index (κ1) is 13.7. The normalized spacial score (nSPS) is 12.2. The Morgan fingerprint density at radius 3 is 2.42 bits per heavy atom. The maximum atomic E-state index is 13.9. The fraction of sp³-hybridized carbons (Fsp3) is 0.143. The number of hydrogen-bond donors (Lipinski definition) is 0. The van der Waals surface area contributed by atoms with Gasteiger partial charge in [0.15, 0.2) is 11.6 Å². The van der Waals surface area contributed by atoms with Gasteiger partial charge in [0, 0.05) is 10.5 Å². The van der Waals surface area contributed by atoms with Crippen LogP contribution in [0.5, 0.6) is 5.75 Å². The van der Waals surface area contributed by atoms with E-state index >= 15 is 0 Å². The van der Waals surface area contributed by atoms with Gasteiger partial charge in [-0.25, -0.2) is 8.78 Å². The highest BCUT2D eigenvalue weighted by atomic mass is 32.2. The summed E-state index contributed by atoms with van der Waals surface area (Å²) in [6, 6.07) is 10.0. The molecule has 0 saturated heterocycles. The van der Waals surface area contributed by atoms with Crippen LogP contribution in [0.1, 0.15) is 5.56 Å². The zero-order valence-corrected chi connectivity index (χ0v) is 11.0. The van der Waals surface area contributed by atoms with Crippen LogP contribution in [0.25, 0.3) is 0 Å². The molecule has 2 aromatic carbocycles. The number of rotatable bonds is 4. The van der Waals surface area contributed by atoms with Crippen molar-refractivity contribution in [1.82, 2.24) is 0 Å². The van der Waals surface area contributed by atoms with Crippen LogP contribution in [0, 0.1) is 11.6 Å². The molecule has 1 atom stereocenters.